The van der Waals surface area contributed by atoms with Gasteiger partial charge in [0.25, 0.3) is 0 Å². The van der Waals surface area contributed by atoms with E-state index in [-0.39, 0.29) is 0 Å². The van der Waals surface area contributed by atoms with Crippen molar-refractivity contribution in [1.29, 1.82) is 0 Å². The molecule has 0 aromatic carbocycles. The van der Waals surface area contributed by atoms with Crippen molar-refractivity contribution in [2.75, 3.05) is 0 Å². The van der Waals surface area contributed by atoms with Crippen molar-refractivity contribution in [2.45, 2.75) is 73.6 Å². The minimum absolute atomic E-state index is 0.320. The van der Waals surface area contributed by atoms with Crippen LogP contribution in [0.25, 0.3) is 0 Å². The molecular weight excluding hydrogens is 192 g/mol. The summed E-state index contributed by atoms with van der Waals surface area (Å²) in [5, 5.41) is 0. The van der Waals surface area contributed by atoms with Crippen LogP contribution < -0.4 is 0 Å². The van der Waals surface area contributed by atoms with Gasteiger partial charge in [0.05, 0.1) is 0 Å². The Morgan fingerprint density at radius 1 is 1.12 bits per heavy atom. The summed E-state index contributed by atoms with van der Waals surface area (Å²) < 4.78 is 0. The van der Waals surface area contributed by atoms with Crippen LogP contribution in [-0.2, 0) is 0 Å². The third kappa shape index (κ3) is 7.09. The van der Waals surface area contributed by atoms with Gasteiger partial charge in [0.1, 0.15) is 0 Å². The Labute approximate surface area is 104 Å². The summed E-state index contributed by atoms with van der Waals surface area (Å²) in [6, 6.07) is 0. The molecule has 0 radical (unpaired) electrons. The molecule has 0 aliphatic heterocycles. The minimum Gasteiger partial charge on any atom is -0.103 e. The second-order valence-corrected chi connectivity index (χ2v) is 7.03. The molecule has 0 saturated carbocycles. The van der Waals surface area contributed by atoms with Crippen LogP contribution >= 0.6 is 0 Å². The second kappa shape index (κ2) is 6.47. The maximum absolute atomic E-state index is 4.04. The summed E-state index contributed by atoms with van der Waals surface area (Å²) in [7, 11) is 0. The molecule has 0 aromatic heterocycles. The average molecular weight is 224 g/mol. The maximum Gasteiger partial charge on any atom is -0.0144 e. The van der Waals surface area contributed by atoms with Gasteiger partial charge in [0, 0.05) is 0 Å². The van der Waals surface area contributed by atoms with Gasteiger partial charge in [-0.05, 0) is 36.0 Å². The Kier molecular flexibility index (Phi) is 6.36. The van der Waals surface area contributed by atoms with Gasteiger partial charge in [-0.3, -0.25) is 0 Å². The highest BCUT2D eigenvalue weighted by atomic mass is 14.3. The first-order valence-corrected chi connectivity index (χ1v) is 6.86. The zero-order valence-corrected chi connectivity index (χ0v) is 12.4. The first kappa shape index (κ1) is 15.7. The highest BCUT2D eigenvalue weighted by molar-refractivity contribution is 4.94. The van der Waals surface area contributed by atoms with Crippen molar-refractivity contribution in [3.63, 3.8) is 0 Å². The van der Waals surface area contributed by atoms with E-state index in [1.807, 2.05) is 0 Å². The number of hydrogen-bond donors (Lipinski definition) is 0. The predicted octanol–water partition coefficient (Wildman–Crippen LogP) is 5.83. The fraction of sp³-hybridized carbons (Fsp3) is 0.875. The lowest BCUT2D eigenvalue weighted by Gasteiger charge is -2.34. The Balaban J connectivity index is 4.22. The van der Waals surface area contributed by atoms with E-state index in [2.05, 4.69) is 54.2 Å². The van der Waals surface area contributed by atoms with E-state index in [0.29, 0.717) is 10.8 Å². The van der Waals surface area contributed by atoms with Crippen molar-refractivity contribution in [2.24, 2.45) is 16.7 Å². The highest BCUT2D eigenvalue weighted by Gasteiger charge is 2.27. The number of rotatable bonds is 7. The smallest absolute Gasteiger partial charge is 0.0144 e. The average Bonchev–Trinajstić information content (AvgIpc) is 2.13. The van der Waals surface area contributed by atoms with E-state index < -0.39 is 0 Å². The van der Waals surface area contributed by atoms with Crippen LogP contribution in [0.2, 0.25) is 0 Å². The Morgan fingerprint density at radius 2 is 1.69 bits per heavy atom. The first-order chi connectivity index (χ1) is 7.22. The Hall–Kier alpha value is -0.260. The van der Waals surface area contributed by atoms with Crippen molar-refractivity contribution >= 4 is 0 Å². The molecule has 0 aliphatic rings. The van der Waals surface area contributed by atoms with Crippen molar-refractivity contribution in [3.05, 3.63) is 12.7 Å². The van der Waals surface area contributed by atoms with Crippen molar-refractivity contribution < 1.29 is 0 Å². The Bertz CT molecular complexity index is 197. The van der Waals surface area contributed by atoms with Crippen LogP contribution in [0.5, 0.6) is 0 Å². The minimum atomic E-state index is 0.320. The zero-order chi connectivity index (χ0) is 12.8. The molecule has 0 N–H and O–H groups in total. The van der Waals surface area contributed by atoms with Crippen molar-refractivity contribution in [1.82, 2.24) is 0 Å². The molecule has 0 saturated heterocycles. The van der Waals surface area contributed by atoms with E-state index >= 15 is 0 Å². The third-order valence-electron chi connectivity index (χ3n) is 3.42. The van der Waals surface area contributed by atoms with E-state index in [1.165, 1.54) is 32.1 Å². The van der Waals surface area contributed by atoms with Gasteiger partial charge in [0.15, 0.2) is 0 Å². The molecule has 0 heterocycles. The molecule has 0 amide bonds. The summed E-state index contributed by atoms with van der Waals surface area (Å²) in [6.07, 6.45) is 8.72. The fourth-order valence-corrected chi connectivity index (χ4v) is 2.69. The Morgan fingerprint density at radius 3 is 2.06 bits per heavy atom. The zero-order valence-electron chi connectivity index (χ0n) is 12.4. The lowest BCUT2D eigenvalue weighted by atomic mass is 9.71. The topological polar surface area (TPSA) is 0 Å². The quantitative estimate of drug-likeness (QED) is 0.477. The molecule has 0 rings (SSSR count). The van der Waals surface area contributed by atoms with Crippen LogP contribution in [0.1, 0.15) is 73.6 Å². The molecule has 0 nitrogen and oxygen atoms in total. The summed E-state index contributed by atoms with van der Waals surface area (Å²) in [5.41, 5.74) is 0.719. The van der Waals surface area contributed by atoms with Gasteiger partial charge in [-0.15, -0.1) is 6.58 Å². The monoisotopic (exact) mass is 224 g/mol. The lowest BCUT2D eigenvalue weighted by Crippen LogP contribution is -2.22. The van der Waals surface area contributed by atoms with Gasteiger partial charge < -0.3 is 0 Å². The largest absolute Gasteiger partial charge is 0.103 e. The van der Waals surface area contributed by atoms with E-state index in [1.54, 1.807) is 0 Å². The molecule has 2 unspecified atom stereocenters. The molecule has 2 atom stereocenters. The van der Waals surface area contributed by atoms with Gasteiger partial charge in [-0.1, -0.05) is 60.5 Å². The lowest BCUT2D eigenvalue weighted by molar-refractivity contribution is 0.216. The molecule has 0 fully saturated rings. The second-order valence-electron chi connectivity index (χ2n) is 7.03. The highest BCUT2D eigenvalue weighted by Crippen LogP contribution is 2.39. The predicted molar refractivity (Wildman–Crippen MR) is 75.7 cm³/mol. The van der Waals surface area contributed by atoms with Gasteiger partial charge in [0.2, 0.25) is 0 Å². The molecule has 0 aliphatic carbocycles. The number of hydrogen-bond acceptors (Lipinski definition) is 0. The van der Waals surface area contributed by atoms with Crippen LogP contribution in [0.15, 0.2) is 12.7 Å². The van der Waals surface area contributed by atoms with Crippen molar-refractivity contribution in [3.8, 4) is 0 Å². The van der Waals surface area contributed by atoms with E-state index in [4.69, 9.17) is 0 Å². The maximum atomic E-state index is 4.04. The molecule has 0 spiro atoms. The van der Waals surface area contributed by atoms with Gasteiger partial charge in [-0.2, -0.15) is 0 Å². The van der Waals surface area contributed by atoms with Crippen LogP contribution in [-0.4, -0.2) is 0 Å². The third-order valence-corrected chi connectivity index (χ3v) is 3.42. The molecule has 96 valence electrons. The summed E-state index contributed by atoms with van der Waals surface area (Å²) >= 11 is 0. The van der Waals surface area contributed by atoms with Gasteiger partial charge >= 0.3 is 0 Å². The molecular formula is C16H32. The van der Waals surface area contributed by atoms with Crippen LogP contribution in [0, 0.1) is 16.7 Å². The molecule has 0 bridgehead atoms. The summed E-state index contributed by atoms with van der Waals surface area (Å²) in [5.74, 6) is 0.865. The van der Waals surface area contributed by atoms with Crippen LogP contribution in [0.3, 0.4) is 0 Å². The summed E-state index contributed by atoms with van der Waals surface area (Å²) in [6.45, 7) is 18.0. The van der Waals surface area contributed by atoms with E-state index in [9.17, 15) is 0 Å². The molecule has 16 heavy (non-hydrogen) atoms. The summed E-state index contributed by atoms with van der Waals surface area (Å²) in [4.78, 5) is 0. The fourth-order valence-electron chi connectivity index (χ4n) is 2.69. The normalized spacial score (nSPS) is 17.9. The van der Waals surface area contributed by atoms with Crippen LogP contribution in [0.4, 0.5) is 0 Å². The molecule has 0 aromatic rings. The number of allylic oxidation sites excluding steroid dienone is 1. The molecule has 0 heteroatoms. The SMILES string of the molecule is C=CC(C)(CCC(C)CCC)CC(C)(C)C. The standard InChI is InChI=1S/C16H32/c1-8-10-14(3)11-12-16(7,9-2)13-15(4,5)6/h9,14H,2,8,10-13H2,1,3-7H3. The van der Waals surface area contributed by atoms with Gasteiger partial charge in [-0.25, -0.2) is 0 Å². The van der Waals surface area contributed by atoms with E-state index in [0.717, 1.165) is 5.92 Å². The first-order valence-electron chi connectivity index (χ1n) is 6.86.